The standard InChI is InChI=1S/C22H35N5O/c1-17(2)19-8-5-9-20(16-19)25-22(23)24-10-11-26-12-14-27(15-13-26)21(28)18-6-3-4-7-18/h5,8-9,16-18H,3-4,6-7,10-15H2,1-2H3,(H3,23,24,25). The summed E-state index contributed by atoms with van der Waals surface area (Å²) >= 11 is 0. The molecule has 3 N–H and O–H groups in total. The molecule has 3 rings (SSSR count). The summed E-state index contributed by atoms with van der Waals surface area (Å²) in [6.45, 7) is 9.44. The van der Waals surface area contributed by atoms with Gasteiger partial charge in [0.2, 0.25) is 5.91 Å². The Hall–Kier alpha value is -2.08. The molecule has 0 spiro atoms. The van der Waals surface area contributed by atoms with E-state index in [1.807, 2.05) is 12.1 Å². The summed E-state index contributed by atoms with van der Waals surface area (Å²) in [5, 5.41) is 3.18. The van der Waals surface area contributed by atoms with Crippen molar-refractivity contribution in [3.05, 3.63) is 29.8 Å². The second-order valence-electron chi connectivity index (χ2n) is 8.32. The van der Waals surface area contributed by atoms with Gasteiger partial charge in [0.15, 0.2) is 5.96 Å². The molecule has 28 heavy (non-hydrogen) atoms. The Kier molecular flexibility index (Phi) is 7.31. The number of amides is 1. The zero-order valence-corrected chi connectivity index (χ0v) is 17.4. The summed E-state index contributed by atoms with van der Waals surface area (Å²) in [5.41, 5.74) is 8.31. The molecule has 0 atom stereocenters. The van der Waals surface area contributed by atoms with Crippen LogP contribution in [0.2, 0.25) is 0 Å². The number of nitrogens with zero attached hydrogens (tertiary/aromatic N) is 3. The van der Waals surface area contributed by atoms with Crippen molar-refractivity contribution in [1.29, 1.82) is 0 Å². The van der Waals surface area contributed by atoms with Gasteiger partial charge in [0, 0.05) is 44.3 Å². The number of carbonyl (C=O) groups is 1. The lowest BCUT2D eigenvalue weighted by molar-refractivity contribution is -0.137. The number of rotatable bonds is 6. The number of nitrogens with two attached hydrogens (primary N) is 1. The van der Waals surface area contributed by atoms with Crippen molar-refractivity contribution in [3.8, 4) is 0 Å². The lowest BCUT2D eigenvalue weighted by Gasteiger charge is -2.35. The third-order valence-corrected chi connectivity index (χ3v) is 5.91. The van der Waals surface area contributed by atoms with Gasteiger partial charge in [-0.25, -0.2) is 0 Å². The monoisotopic (exact) mass is 385 g/mol. The van der Waals surface area contributed by atoms with Crippen LogP contribution in [-0.2, 0) is 4.79 Å². The lowest BCUT2D eigenvalue weighted by atomic mass is 10.0. The first-order valence-corrected chi connectivity index (χ1v) is 10.7. The van der Waals surface area contributed by atoms with E-state index in [1.165, 1.54) is 18.4 Å². The molecule has 6 nitrogen and oxygen atoms in total. The summed E-state index contributed by atoms with van der Waals surface area (Å²) in [6, 6.07) is 8.29. The van der Waals surface area contributed by atoms with Gasteiger partial charge in [-0.2, -0.15) is 0 Å². The van der Waals surface area contributed by atoms with Crippen LogP contribution in [-0.4, -0.2) is 60.9 Å². The van der Waals surface area contributed by atoms with E-state index in [9.17, 15) is 4.79 Å². The fraction of sp³-hybridized carbons (Fsp3) is 0.636. The van der Waals surface area contributed by atoms with Gasteiger partial charge in [0.25, 0.3) is 0 Å². The van der Waals surface area contributed by atoms with Crippen LogP contribution in [0.1, 0.15) is 51.0 Å². The van der Waals surface area contributed by atoms with Crippen LogP contribution in [0.25, 0.3) is 0 Å². The molecule has 1 aromatic carbocycles. The molecule has 1 amide bonds. The number of carbonyl (C=O) groups excluding carboxylic acids is 1. The average Bonchev–Trinajstić information content (AvgIpc) is 3.23. The van der Waals surface area contributed by atoms with Crippen LogP contribution in [0.4, 0.5) is 5.69 Å². The zero-order chi connectivity index (χ0) is 19.9. The van der Waals surface area contributed by atoms with Crippen LogP contribution < -0.4 is 11.1 Å². The smallest absolute Gasteiger partial charge is 0.225 e. The summed E-state index contributed by atoms with van der Waals surface area (Å²) in [7, 11) is 0. The van der Waals surface area contributed by atoms with E-state index in [-0.39, 0.29) is 5.92 Å². The van der Waals surface area contributed by atoms with Crippen LogP contribution in [0.3, 0.4) is 0 Å². The molecule has 1 saturated carbocycles. The molecule has 2 fully saturated rings. The van der Waals surface area contributed by atoms with Crippen molar-refractivity contribution < 1.29 is 4.79 Å². The van der Waals surface area contributed by atoms with E-state index in [1.54, 1.807) is 0 Å². The van der Waals surface area contributed by atoms with Crippen molar-refractivity contribution >= 4 is 17.6 Å². The number of nitrogens with one attached hydrogen (secondary N) is 1. The number of benzene rings is 1. The fourth-order valence-corrected chi connectivity index (χ4v) is 4.10. The van der Waals surface area contributed by atoms with Gasteiger partial charge in [-0.15, -0.1) is 0 Å². The zero-order valence-electron chi connectivity index (χ0n) is 17.4. The van der Waals surface area contributed by atoms with E-state index >= 15 is 0 Å². The van der Waals surface area contributed by atoms with Crippen LogP contribution in [0, 0.1) is 5.92 Å². The summed E-state index contributed by atoms with van der Waals surface area (Å²) in [4.78, 5) is 21.4. The van der Waals surface area contributed by atoms with Gasteiger partial charge in [0.05, 0.1) is 6.54 Å². The molecule has 1 aliphatic heterocycles. The lowest BCUT2D eigenvalue weighted by Crippen LogP contribution is -2.50. The van der Waals surface area contributed by atoms with Crippen molar-refractivity contribution in [2.24, 2.45) is 16.6 Å². The van der Waals surface area contributed by atoms with E-state index < -0.39 is 0 Å². The van der Waals surface area contributed by atoms with E-state index in [4.69, 9.17) is 5.73 Å². The number of hydrogen-bond donors (Lipinski definition) is 2. The first-order valence-electron chi connectivity index (χ1n) is 10.7. The molecular formula is C22H35N5O. The first kappa shape index (κ1) is 20.6. The second kappa shape index (κ2) is 9.92. The molecular weight excluding hydrogens is 350 g/mol. The molecule has 1 aromatic rings. The van der Waals surface area contributed by atoms with Gasteiger partial charge >= 0.3 is 0 Å². The number of hydrogen-bond acceptors (Lipinski definition) is 3. The molecule has 0 aromatic heterocycles. The molecule has 2 aliphatic rings. The third kappa shape index (κ3) is 5.71. The molecule has 6 heteroatoms. The molecule has 154 valence electrons. The fourth-order valence-electron chi connectivity index (χ4n) is 4.10. The second-order valence-corrected chi connectivity index (χ2v) is 8.32. The number of anilines is 1. The largest absolute Gasteiger partial charge is 0.370 e. The minimum Gasteiger partial charge on any atom is -0.370 e. The van der Waals surface area contributed by atoms with Gasteiger partial charge in [-0.3, -0.25) is 14.7 Å². The van der Waals surface area contributed by atoms with Gasteiger partial charge in [-0.1, -0.05) is 38.8 Å². The minimum atomic E-state index is 0.288. The number of guanidine groups is 1. The Bertz CT molecular complexity index is 673. The quantitative estimate of drug-likeness (QED) is 0.583. The van der Waals surface area contributed by atoms with Crippen molar-refractivity contribution in [1.82, 2.24) is 9.80 Å². The minimum absolute atomic E-state index is 0.288. The predicted octanol–water partition coefficient (Wildman–Crippen LogP) is 2.87. The maximum atomic E-state index is 12.5. The predicted molar refractivity (Wildman–Crippen MR) is 116 cm³/mol. The van der Waals surface area contributed by atoms with Gasteiger partial charge < -0.3 is 16.0 Å². The molecule has 1 saturated heterocycles. The summed E-state index contributed by atoms with van der Waals surface area (Å²) in [6.07, 6.45) is 4.59. The normalized spacial score (nSPS) is 19.4. The Morgan fingerprint density at radius 3 is 2.61 bits per heavy atom. The van der Waals surface area contributed by atoms with Crippen LogP contribution >= 0.6 is 0 Å². The van der Waals surface area contributed by atoms with E-state index in [0.29, 0.717) is 24.3 Å². The van der Waals surface area contributed by atoms with Crippen molar-refractivity contribution in [2.45, 2.75) is 45.4 Å². The maximum Gasteiger partial charge on any atom is 0.225 e. The van der Waals surface area contributed by atoms with Gasteiger partial charge in [-0.05, 0) is 36.5 Å². The molecule has 1 aliphatic carbocycles. The summed E-state index contributed by atoms with van der Waals surface area (Å²) in [5.74, 6) is 1.61. The molecule has 1 heterocycles. The first-order chi connectivity index (χ1) is 13.5. The highest BCUT2D eigenvalue weighted by molar-refractivity contribution is 5.92. The molecule has 0 unspecified atom stereocenters. The van der Waals surface area contributed by atoms with Crippen molar-refractivity contribution in [3.63, 3.8) is 0 Å². The number of aliphatic imine (C=N–C) groups is 1. The SMILES string of the molecule is CC(C)c1cccc(NC(N)=NCCN2CCN(C(=O)C3CCCC3)CC2)c1. The Labute approximate surface area is 169 Å². The third-order valence-electron chi connectivity index (χ3n) is 5.91. The molecule has 0 radical (unpaired) electrons. The Morgan fingerprint density at radius 2 is 1.93 bits per heavy atom. The van der Waals surface area contributed by atoms with Crippen molar-refractivity contribution in [2.75, 3.05) is 44.6 Å². The Morgan fingerprint density at radius 1 is 1.21 bits per heavy atom. The van der Waals surface area contributed by atoms with Gasteiger partial charge in [0.1, 0.15) is 0 Å². The topological polar surface area (TPSA) is 74.0 Å². The maximum absolute atomic E-state index is 12.5. The summed E-state index contributed by atoms with van der Waals surface area (Å²) < 4.78 is 0. The van der Waals surface area contributed by atoms with E-state index in [0.717, 1.165) is 51.3 Å². The highest BCUT2D eigenvalue weighted by Gasteiger charge is 2.29. The molecule has 0 bridgehead atoms. The Balaban J connectivity index is 1.39. The van der Waals surface area contributed by atoms with Crippen LogP contribution in [0.15, 0.2) is 29.3 Å². The van der Waals surface area contributed by atoms with E-state index in [2.05, 4.69) is 46.1 Å². The highest BCUT2D eigenvalue weighted by Crippen LogP contribution is 2.26. The number of piperazine rings is 1. The average molecular weight is 386 g/mol. The highest BCUT2D eigenvalue weighted by atomic mass is 16.2. The van der Waals surface area contributed by atoms with Crippen LogP contribution in [0.5, 0.6) is 0 Å².